The molecule has 0 spiro atoms. The molecule has 0 aliphatic heterocycles. The molecule has 18 heavy (non-hydrogen) atoms. The number of allylic oxidation sites excluding steroid dienone is 1. The van der Waals surface area contributed by atoms with Crippen LogP contribution in [0.1, 0.15) is 41.4 Å². The number of carbonyl (C=O) groups is 1. The maximum atomic E-state index is 11.7. The first kappa shape index (κ1) is 8.00. The van der Waals surface area contributed by atoms with Gasteiger partial charge in [-0.15, -0.1) is 0 Å². The van der Waals surface area contributed by atoms with Gasteiger partial charge in [0.05, 0.1) is 8.66 Å². The molecule has 0 heterocycles. The van der Waals surface area contributed by atoms with Crippen molar-refractivity contribution >= 4 is 23.1 Å². The van der Waals surface area contributed by atoms with E-state index in [0.717, 1.165) is 5.57 Å². The fourth-order valence-corrected chi connectivity index (χ4v) is 2.88. The summed E-state index contributed by atoms with van der Waals surface area (Å²) in [5.74, 6) is -1.23. The maximum absolute atomic E-state index is 11.7. The van der Waals surface area contributed by atoms with E-state index < -0.39 is 18.2 Å². The van der Waals surface area contributed by atoms with Gasteiger partial charge < -0.3 is 5.73 Å². The third-order valence-electron chi connectivity index (χ3n) is 3.68. The number of carbonyl (C=O) groups excluding carboxylic acids is 1. The molecule has 2 N–H and O–H groups in total. The summed E-state index contributed by atoms with van der Waals surface area (Å²) in [6.45, 7) is 1.70. The lowest BCUT2D eigenvalue weighted by Gasteiger charge is -2.22. The first-order valence-electron chi connectivity index (χ1n) is 7.94. The summed E-state index contributed by atoms with van der Waals surface area (Å²) in [4.78, 5) is 11.7. The third kappa shape index (κ3) is 1.67. The van der Waals surface area contributed by atoms with E-state index in [9.17, 15) is 4.79 Å². The summed E-state index contributed by atoms with van der Waals surface area (Å²) < 4.78 is 32.6. The van der Waals surface area contributed by atoms with E-state index in [0.29, 0.717) is 28.7 Å². The Morgan fingerprint density at radius 2 is 2.39 bits per heavy atom. The van der Waals surface area contributed by atoms with Crippen LogP contribution in [0.25, 0.3) is 5.57 Å². The van der Waals surface area contributed by atoms with E-state index in [1.165, 1.54) is 0 Å². The second kappa shape index (κ2) is 4.13. The van der Waals surface area contributed by atoms with Crippen molar-refractivity contribution < 1.29 is 10.3 Å². The van der Waals surface area contributed by atoms with Crippen LogP contribution >= 0.6 is 11.6 Å². The molecule has 3 heteroatoms. The van der Waals surface area contributed by atoms with Gasteiger partial charge in [-0.2, -0.15) is 0 Å². The molecule has 0 bridgehead atoms. The molecule has 94 valence electrons. The predicted octanol–water partition coefficient (Wildman–Crippen LogP) is 3.24. The Balaban J connectivity index is 2.26. The number of fused-ring (bicyclic) bond motifs is 2. The van der Waals surface area contributed by atoms with E-state index in [1.807, 2.05) is 0 Å². The molecule has 0 saturated heterocycles. The van der Waals surface area contributed by atoms with Gasteiger partial charge in [-0.05, 0) is 66.4 Å². The van der Waals surface area contributed by atoms with Crippen LogP contribution in [0.5, 0.6) is 0 Å². The van der Waals surface area contributed by atoms with Gasteiger partial charge in [-0.3, -0.25) is 4.79 Å². The SMILES string of the molecule is [2H]c1c(C)c(Cl)c([2H])c2c1CC1=C2CC([2H])([2H])CC1C(N)=O. The van der Waals surface area contributed by atoms with Crippen molar-refractivity contribution in [1.82, 2.24) is 0 Å². The second-order valence-corrected chi connectivity index (χ2v) is 5.19. The van der Waals surface area contributed by atoms with E-state index in [-0.39, 0.29) is 29.9 Å². The zero-order valence-corrected chi connectivity index (χ0v) is 10.8. The van der Waals surface area contributed by atoms with E-state index >= 15 is 0 Å². The molecule has 1 atom stereocenters. The van der Waals surface area contributed by atoms with Crippen molar-refractivity contribution in [2.45, 2.75) is 32.6 Å². The minimum absolute atomic E-state index is 0.0581. The highest BCUT2D eigenvalue weighted by atomic mass is 35.5. The summed E-state index contributed by atoms with van der Waals surface area (Å²) in [6.07, 6.45) is -0.977. The lowest BCUT2D eigenvalue weighted by molar-refractivity contribution is -0.121. The molecule has 0 radical (unpaired) electrons. The van der Waals surface area contributed by atoms with E-state index in [1.54, 1.807) is 6.92 Å². The van der Waals surface area contributed by atoms with Gasteiger partial charge in [0.2, 0.25) is 5.91 Å². The number of hydrogen-bond acceptors (Lipinski definition) is 1. The normalized spacial score (nSPS) is 27.8. The van der Waals surface area contributed by atoms with Crippen molar-refractivity contribution in [3.05, 3.63) is 39.4 Å². The third-order valence-corrected chi connectivity index (χ3v) is 4.05. The van der Waals surface area contributed by atoms with E-state index in [2.05, 4.69) is 0 Å². The van der Waals surface area contributed by atoms with Gasteiger partial charge in [0.15, 0.2) is 0 Å². The lowest BCUT2D eigenvalue weighted by atomic mass is 9.82. The van der Waals surface area contributed by atoms with Crippen LogP contribution in [0, 0.1) is 12.8 Å². The Morgan fingerprint density at radius 3 is 3.11 bits per heavy atom. The average molecular weight is 266 g/mol. The van der Waals surface area contributed by atoms with Crippen LogP contribution in [-0.2, 0) is 11.2 Å². The fraction of sp³-hybridized carbons (Fsp3) is 0.400. The summed E-state index contributed by atoms with van der Waals surface area (Å²) in [5, 5.41) is 0.222. The molecule has 2 aliphatic carbocycles. The van der Waals surface area contributed by atoms with Gasteiger partial charge >= 0.3 is 0 Å². The van der Waals surface area contributed by atoms with Crippen molar-refractivity contribution in [3.8, 4) is 0 Å². The molecule has 2 nitrogen and oxygen atoms in total. The zero-order chi connectivity index (χ0) is 16.4. The first-order chi connectivity index (χ1) is 10.1. The minimum atomic E-state index is -1.55. The zero-order valence-electron chi connectivity index (χ0n) is 14.1. The van der Waals surface area contributed by atoms with Crippen molar-refractivity contribution in [2.75, 3.05) is 0 Å². The predicted molar refractivity (Wildman–Crippen MR) is 73.3 cm³/mol. The monoisotopic (exact) mass is 265 g/mol. The first-order valence-corrected chi connectivity index (χ1v) is 6.31. The van der Waals surface area contributed by atoms with Crippen molar-refractivity contribution in [1.29, 1.82) is 0 Å². The molecular weight excluding hydrogens is 246 g/mol. The Labute approximate surface area is 117 Å². The van der Waals surface area contributed by atoms with Gasteiger partial charge in [-0.25, -0.2) is 0 Å². The Bertz CT molecular complexity index is 742. The van der Waals surface area contributed by atoms with Crippen molar-refractivity contribution in [3.63, 3.8) is 0 Å². The number of primary amides is 1. The minimum Gasteiger partial charge on any atom is -0.369 e. The summed E-state index contributed by atoms with van der Waals surface area (Å²) in [5.41, 5.74) is 8.61. The highest BCUT2D eigenvalue weighted by Gasteiger charge is 2.33. The molecule has 3 rings (SSSR count). The molecule has 0 saturated carbocycles. The summed E-state index contributed by atoms with van der Waals surface area (Å²) in [6, 6.07) is 0.394. The quantitative estimate of drug-likeness (QED) is 0.832. The molecule has 2 aliphatic rings. The molecule has 0 aromatic heterocycles. The van der Waals surface area contributed by atoms with Crippen LogP contribution < -0.4 is 5.73 Å². The van der Waals surface area contributed by atoms with Gasteiger partial charge in [0.1, 0.15) is 0 Å². The number of benzene rings is 1. The van der Waals surface area contributed by atoms with Gasteiger partial charge in [-0.1, -0.05) is 17.6 Å². The van der Waals surface area contributed by atoms with Crippen LogP contribution in [0.15, 0.2) is 17.7 Å². The second-order valence-electron chi connectivity index (χ2n) is 4.81. The van der Waals surface area contributed by atoms with Crippen LogP contribution in [0.4, 0.5) is 0 Å². The fourth-order valence-electron chi connectivity index (χ4n) is 2.74. The largest absolute Gasteiger partial charge is 0.369 e. The highest BCUT2D eigenvalue weighted by molar-refractivity contribution is 6.31. The Hall–Kier alpha value is -1.28. The number of amides is 1. The summed E-state index contributed by atoms with van der Waals surface area (Å²) in [7, 11) is 0. The summed E-state index contributed by atoms with van der Waals surface area (Å²) >= 11 is 6.15. The standard InChI is InChI=1S/C15H16ClNO/c1-8-5-9-6-13-10(12(9)7-14(8)16)3-2-4-11(13)15(17)18/h5,7,11H,2-4,6H2,1H3,(H2,17,18)/i2D2,5D,7D. The molecule has 1 aromatic carbocycles. The Kier molecular flexibility index (Phi) is 1.84. The molecule has 1 unspecified atom stereocenters. The number of nitrogens with two attached hydrogens (primary N) is 1. The molecular formula is C15H16ClNO. The number of halogens is 1. The number of rotatable bonds is 1. The maximum Gasteiger partial charge on any atom is 0.224 e. The van der Waals surface area contributed by atoms with Crippen molar-refractivity contribution in [2.24, 2.45) is 11.7 Å². The topological polar surface area (TPSA) is 43.1 Å². The van der Waals surface area contributed by atoms with Crippen LogP contribution in [0.2, 0.25) is 5.02 Å². The molecule has 0 fully saturated rings. The Morgan fingerprint density at radius 1 is 1.61 bits per heavy atom. The smallest absolute Gasteiger partial charge is 0.224 e. The number of hydrogen-bond donors (Lipinski definition) is 1. The van der Waals surface area contributed by atoms with Gasteiger partial charge in [0, 0.05) is 7.76 Å². The van der Waals surface area contributed by atoms with Crippen LogP contribution in [-0.4, -0.2) is 5.91 Å². The molecule has 1 aromatic rings. The average Bonchev–Trinajstić information content (AvgIpc) is 2.79. The molecule has 1 amide bonds. The van der Waals surface area contributed by atoms with E-state index in [4.69, 9.17) is 22.8 Å². The highest BCUT2D eigenvalue weighted by Crippen LogP contribution is 2.45. The van der Waals surface area contributed by atoms with Gasteiger partial charge in [0.25, 0.3) is 0 Å². The lowest BCUT2D eigenvalue weighted by Crippen LogP contribution is -2.27. The van der Waals surface area contributed by atoms with Crippen LogP contribution in [0.3, 0.4) is 0 Å².